The fourth-order valence-corrected chi connectivity index (χ4v) is 4.14. The van der Waals surface area contributed by atoms with Gasteiger partial charge in [-0.05, 0) is 29.2 Å². The minimum Gasteiger partial charge on any atom is -0.349 e. The zero-order valence-corrected chi connectivity index (χ0v) is 19.5. The molecule has 0 spiro atoms. The van der Waals surface area contributed by atoms with Crippen molar-refractivity contribution in [2.45, 2.75) is 44.6 Å². The van der Waals surface area contributed by atoms with Crippen molar-refractivity contribution in [1.29, 1.82) is 0 Å². The number of carbonyl (C=O) groups excluding carboxylic acids is 1. The lowest BCUT2D eigenvalue weighted by atomic mass is 9.92. The number of hydrogen-bond acceptors (Lipinski definition) is 4. The van der Waals surface area contributed by atoms with Crippen LogP contribution in [0.5, 0.6) is 0 Å². The van der Waals surface area contributed by atoms with E-state index in [-0.39, 0.29) is 17.9 Å². The van der Waals surface area contributed by atoms with Gasteiger partial charge in [0.1, 0.15) is 0 Å². The SMILES string of the molecule is CC(C)(C)CC(=O)NCc1nnc(SCc2ccccc2)n1-c1cc(Cl)ccc1Cl. The number of nitrogens with zero attached hydrogens (tertiary/aromatic N) is 3. The summed E-state index contributed by atoms with van der Waals surface area (Å²) in [6.45, 7) is 6.33. The van der Waals surface area contributed by atoms with Gasteiger partial charge in [0.2, 0.25) is 5.91 Å². The van der Waals surface area contributed by atoms with Gasteiger partial charge in [-0.15, -0.1) is 10.2 Å². The predicted molar refractivity (Wildman–Crippen MR) is 123 cm³/mol. The van der Waals surface area contributed by atoms with Crippen molar-refractivity contribution in [1.82, 2.24) is 20.1 Å². The van der Waals surface area contributed by atoms with Gasteiger partial charge in [-0.1, -0.05) is 86.1 Å². The number of aromatic nitrogens is 3. The maximum atomic E-state index is 12.3. The van der Waals surface area contributed by atoms with Gasteiger partial charge >= 0.3 is 0 Å². The lowest BCUT2D eigenvalue weighted by Gasteiger charge is -2.17. The van der Waals surface area contributed by atoms with E-state index in [0.29, 0.717) is 33.1 Å². The van der Waals surface area contributed by atoms with Crippen LogP contribution < -0.4 is 5.32 Å². The lowest BCUT2D eigenvalue weighted by Crippen LogP contribution is -2.28. The molecule has 158 valence electrons. The number of hydrogen-bond donors (Lipinski definition) is 1. The van der Waals surface area contributed by atoms with Crippen LogP contribution in [0.1, 0.15) is 38.6 Å². The summed E-state index contributed by atoms with van der Waals surface area (Å²) in [6, 6.07) is 15.4. The van der Waals surface area contributed by atoms with Crippen molar-refractivity contribution in [3.05, 3.63) is 70.0 Å². The van der Waals surface area contributed by atoms with E-state index >= 15 is 0 Å². The molecule has 0 radical (unpaired) electrons. The molecule has 0 bridgehead atoms. The number of benzene rings is 2. The predicted octanol–water partition coefficient (Wildman–Crippen LogP) is 5.92. The van der Waals surface area contributed by atoms with Gasteiger partial charge in [0.05, 0.1) is 17.3 Å². The second-order valence-electron chi connectivity index (χ2n) is 8.12. The minimum atomic E-state index is -0.0925. The highest BCUT2D eigenvalue weighted by Crippen LogP contribution is 2.31. The molecule has 0 aliphatic carbocycles. The van der Waals surface area contributed by atoms with Gasteiger partial charge in [0.15, 0.2) is 11.0 Å². The summed E-state index contributed by atoms with van der Waals surface area (Å²) < 4.78 is 1.86. The fourth-order valence-electron chi connectivity index (χ4n) is 2.85. The van der Waals surface area contributed by atoms with Crippen LogP contribution in [0.4, 0.5) is 0 Å². The first-order chi connectivity index (χ1) is 14.2. The third-order valence-corrected chi connectivity index (χ3v) is 5.75. The van der Waals surface area contributed by atoms with Crippen LogP contribution in [0.3, 0.4) is 0 Å². The molecule has 0 unspecified atom stereocenters. The number of rotatable bonds is 7. The first kappa shape index (κ1) is 22.7. The lowest BCUT2D eigenvalue weighted by molar-refractivity contribution is -0.123. The smallest absolute Gasteiger partial charge is 0.220 e. The summed E-state index contributed by atoms with van der Waals surface area (Å²) in [5.41, 5.74) is 1.77. The molecule has 1 aromatic heterocycles. The molecule has 2 aromatic carbocycles. The van der Waals surface area contributed by atoms with E-state index in [0.717, 1.165) is 5.75 Å². The van der Waals surface area contributed by atoms with Crippen LogP contribution in [-0.4, -0.2) is 20.7 Å². The van der Waals surface area contributed by atoms with Crippen LogP contribution in [0.25, 0.3) is 5.69 Å². The Morgan fingerprint density at radius 1 is 1.10 bits per heavy atom. The maximum Gasteiger partial charge on any atom is 0.220 e. The molecule has 5 nitrogen and oxygen atoms in total. The van der Waals surface area contributed by atoms with Gasteiger partial charge in [-0.3, -0.25) is 9.36 Å². The number of amides is 1. The van der Waals surface area contributed by atoms with E-state index < -0.39 is 0 Å². The Morgan fingerprint density at radius 2 is 1.83 bits per heavy atom. The van der Waals surface area contributed by atoms with E-state index in [9.17, 15) is 4.79 Å². The summed E-state index contributed by atoms with van der Waals surface area (Å²) in [4.78, 5) is 12.3. The molecule has 3 aromatic rings. The second kappa shape index (κ2) is 9.86. The number of nitrogens with one attached hydrogen (secondary N) is 1. The normalized spacial score (nSPS) is 11.5. The Kier molecular flexibility index (Phi) is 7.45. The molecule has 30 heavy (non-hydrogen) atoms. The molecule has 0 atom stereocenters. The summed E-state index contributed by atoms with van der Waals surface area (Å²) in [7, 11) is 0. The first-order valence-electron chi connectivity index (χ1n) is 9.56. The molecule has 0 aliphatic rings. The third-order valence-electron chi connectivity index (χ3n) is 4.19. The van der Waals surface area contributed by atoms with Gasteiger partial charge in [0.25, 0.3) is 0 Å². The van der Waals surface area contributed by atoms with Crippen molar-refractivity contribution in [3.63, 3.8) is 0 Å². The Morgan fingerprint density at radius 3 is 2.53 bits per heavy atom. The molecular formula is C22H24Cl2N4OS. The molecule has 0 saturated carbocycles. The van der Waals surface area contributed by atoms with Crippen LogP contribution in [0, 0.1) is 5.41 Å². The average molecular weight is 463 g/mol. The van der Waals surface area contributed by atoms with Crippen LogP contribution in [0.2, 0.25) is 10.0 Å². The summed E-state index contributed by atoms with van der Waals surface area (Å²) in [5, 5.41) is 13.4. The van der Waals surface area contributed by atoms with Gasteiger partial charge in [-0.25, -0.2) is 0 Å². The van der Waals surface area contributed by atoms with E-state index in [2.05, 4.69) is 27.6 Å². The molecule has 0 aliphatic heterocycles. The molecule has 3 rings (SSSR count). The van der Waals surface area contributed by atoms with Crippen LogP contribution >= 0.6 is 35.0 Å². The molecule has 1 amide bonds. The van der Waals surface area contributed by atoms with Crippen LogP contribution in [-0.2, 0) is 17.1 Å². The van der Waals surface area contributed by atoms with E-state index in [1.807, 2.05) is 43.5 Å². The summed E-state index contributed by atoms with van der Waals surface area (Å²) >= 11 is 14.2. The number of thioether (sulfide) groups is 1. The topological polar surface area (TPSA) is 59.8 Å². The van der Waals surface area contributed by atoms with Crippen LogP contribution in [0.15, 0.2) is 53.7 Å². The van der Waals surface area contributed by atoms with Gasteiger partial charge in [-0.2, -0.15) is 0 Å². The molecule has 0 saturated heterocycles. The van der Waals surface area contributed by atoms with Crippen molar-refractivity contribution in [2.75, 3.05) is 0 Å². The first-order valence-corrected chi connectivity index (χ1v) is 11.3. The van der Waals surface area contributed by atoms with Gasteiger partial charge in [0, 0.05) is 17.2 Å². The standard InChI is InChI=1S/C22H24Cl2N4OS/c1-22(2,3)12-20(29)25-13-19-26-27-21(30-14-15-7-5-4-6-8-15)28(19)18-11-16(23)9-10-17(18)24/h4-11H,12-14H2,1-3H3,(H,25,29). The number of carbonyl (C=O) groups is 1. The number of halogens is 2. The van der Waals surface area contributed by atoms with Crippen molar-refractivity contribution < 1.29 is 4.79 Å². The van der Waals surface area contributed by atoms with E-state index in [1.54, 1.807) is 30.0 Å². The molecule has 1 heterocycles. The second-order valence-corrected chi connectivity index (χ2v) is 9.90. The van der Waals surface area contributed by atoms with Gasteiger partial charge < -0.3 is 5.32 Å². The molecule has 0 fully saturated rings. The molecule has 1 N–H and O–H groups in total. The largest absolute Gasteiger partial charge is 0.349 e. The Labute approximate surface area is 191 Å². The quantitative estimate of drug-likeness (QED) is 0.442. The molecular weight excluding hydrogens is 439 g/mol. The maximum absolute atomic E-state index is 12.3. The zero-order chi connectivity index (χ0) is 21.7. The molecule has 8 heteroatoms. The monoisotopic (exact) mass is 462 g/mol. The van der Waals surface area contributed by atoms with Crippen molar-refractivity contribution in [3.8, 4) is 5.69 Å². The Bertz CT molecular complexity index is 1020. The Balaban J connectivity index is 1.87. The highest BCUT2D eigenvalue weighted by atomic mass is 35.5. The van der Waals surface area contributed by atoms with Crippen molar-refractivity contribution in [2.24, 2.45) is 5.41 Å². The highest BCUT2D eigenvalue weighted by molar-refractivity contribution is 7.98. The zero-order valence-electron chi connectivity index (χ0n) is 17.2. The fraction of sp³-hybridized carbons (Fsp3) is 0.318. The highest BCUT2D eigenvalue weighted by Gasteiger charge is 2.20. The van der Waals surface area contributed by atoms with E-state index in [1.165, 1.54) is 5.56 Å². The minimum absolute atomic E-state index is 0.0345. The third kappa shape index (κ3) is 6.24. The average Bonchev–Trinajstić information content (AvgIpc) is 3.09. The van der Waals surface area contributed by atoms with Crippen molar-refractivity contribution >= 4 is 40.9 Å². The Hall–Kier alpha value is -2.02. The summed E-state index contributed by atoms with van der Waals surface area (Å²) in [6.07, 6.45) is 0.425. The van der Waals surface area contributed by atoms with E-state index in [4.69, 9.17) is 23.2 Å². The summed E-state index contributed by atoms with van der Waals surface area (Å²) in [5.74, 6) is 1.29.